The first-order chi connectivity index (χ1) is 17.2. The Morgan fingerprint density at radius 3 is 2.47 bits per heavy atom. The average Bonchev–Trinajstić information content (AvgIpc) is 3.16. The molecule has 0 spiro atoms. The molecule has 1 N–H and O–H groups in total. The SMILES string of the molecule is Cc1ccc(N2C(=O)C(Cc3cccc(Cl)c3Cl)S/C2=C(/C#N)C(=O)Nc2ccccc2C)cc1C. The molecule has 0 radical (unpaired) electrons. The zero-order valence-electron chi connectivity index (χ0n) is 19.9. The fourth-order valence-corrected chi connectivity index (χ4v) is 5.58. The maximum atomic E-state index is 13.7. The van der Waals surface area contributed by atoms with Gasteiger partial charge in [0, 0.05) is 11.4 Å². The molecule has 0 saturated carbocycles. The number of rotatable bonds is 5. The van der Waals surface area contributed by atoms with Gasteiger partial charge < -0.3 is 5.32 Å². The summed E-state index contributed by atoms with van der Waals surface area (Å²) in [5, 5.41) is 13.4. The van der Waals surface area contributed by atoms with Crippen molar-refractivity contribution in [2.24, 2.45) is 0 Å². The minimum atomic E-state index is -0.591. The summed E-state index contributed by atoms with van der Waals surface area (Å²) in [6.07, 6.45) is 0.297. The van der Waals surface area contributed by atoms with Crippen LogP contribution in [0.5, 0.6) is 0 Å². The molecular formula is C28H23Cl2N3O2S. The first-order valence-electron chi connectivity index (χ1n) is 11.2. The third-order valence-electron chi connectivity index (χ3n) is 6.08. The molecule has 182 valence electrons. The molecule has 3 aromatic carbocycles. The Balaban J connectivity index is 1.78. The van der Waals surface area contributed by atoms with Gasteiger partial charge in [0.25, 0.3) is 5.91 Å². The lowest BCUT2D eigenvalue weighted by atomic mass is 10.1. The molecule has 1 unspecified atom stereocenters. The number of anilines is 2. The number of carbonyl (C=O) groups excluding carboxylic acids is 2. The van der Waals surface area contributed by atoms with Crippen molar-refractivity contribution in [1.29, 1.82) is 5.26 Å². The van der Waals surface area contributed by atoms with E-state index in [1.165, 1.54) is 16.7 Å². The lowest BCUT2D eigenvalue weighted by Gasteiger charge is -2.20. The summed E-state index contributed by atoms with van der Waals surface area (Å²) in [7, 11) is 0. The van der Waals surface area contributed by atoms with E-state index in [9.17, 15) is 14.9 Å². The Labute approximate surface area is 224 Å². The van der Waals surface area contributed by atoms with Gasteiger partial charge in [-0.1, -0.05) is 71.4 Å². The highest BCUT2D eigenvalue weighted by Gasteiger charge is 2.41. The van der Waals surface area contributed by atoms with Crippen LogP contribution >= 0.6 is 35.0 Å². The zero-order valence-corrected chi connectivity index (χ0v) is 22.3. The summed E-state index contributed by atoms with van der Waals surface area (Å²) >= 11 is 13.8. The number of hydrogen-bond donors (Lipinski definition) is 1. The Morgan fingerprint density at radius 1 is 1.03 bits per heavy atom. The third kappa shape index (κ3) is 5.15. The first kappa shape index (κ1) is 25.8. The smallest absolute Gasteiger partial charge is 0.269 e. The number of nitrogens with zero attached hydrogens (tertiary/aromatic N) is 2. The van der Waals surface area contributed by atoms with Crippen LogP contribution in [-0.2, 0) is 16.0 Å². The van der Waals surface area contributed by atoms with Crippen molar-refractivity contribution in [1.82, 2.24) is 0 Å². The summed E-state index contributed by atoms with van der Waals surface area (Å²) < 4.78 is 0. The number of aryl methyl sites for hydroxylation is 3. The van der Waals surface area contributed by atoms with E-state index in [0.29, 0.717) is 32.9 Å². The predicted octanol–water partition coefficient (Wildman–Crippen LogP) is 6.98. The van der Waals surface area contributed by atoms with E-state index in [0.717, 1.165) is 22.3 Å². The summed E-state index contributed by atoms with van der Waals surface area (Å²) in [6.45, 7) is 5.81. The largest absolute Gasteiger partial charge is 0.321 e. The normalized spacial score (nSPS) is 16.6. The molecule has 4 rings (SSSR count). The topological polar surface area (TPSA) is 73.2 Å². The van der Waals surface area contributed by atoms with Crippen molar-refractivity contribution in [2.75, 3.05) is 10.2 Å². The number of nitrogens with one attached hydrogen (secondary N) is 1. The van der Waals surface area contributed by atoms with Gasteiger partial charge in [-0.15, -0.1) is 0 Å². The average molecular weight is 536 g/mol. The predicted molar refractivity (Wildman–Crippen MR) is 147 cm³/mol. The van der Waals surface area contributed by atoms with Crippen LogP contribution in [0, 0.1) is 32.1 Å². The monoisotopic (exact) mass is 535 g/mol. The first-order valence-corrected chi connectivity index (χ1v) is 12.9. The molecule has 0 aromatic heterocycles. The van der Waals surface area contributed by atoms with Crippen LogP contribution in [0.3, 0.4) is 0 Å². The molecule has 0 aliphatic carbocycles. The van der Waals surface area contributed by atoms with E-state index in [1.54, 1.807) is 18.2 Å². The van der Waals surface area contributed by atoms with Crippen LogP contribution in [0.2, 0.25) is 10.0 Å². The van der Waals surface area contributed by atoms with Crippen molar-refractivity contribution in [3.63, 3.8) is 0 Å². The Hall–Kier alpha value is -3.24. The van der Waals surface area contributed by atoms with Gasteiger partial charge in [0.1, 0.15) is 16.7 Å². The summed E-state index contributed by atoms with van der Waals surface area (Å²) in [6, 6.07) is 20.3. The van der Waals surface area contributed by atoms with Gasteiger partial charge in [0.05, 0.1) is 15.3 Å². The van der Waals surface area contributed by atoms with E-state index in [-0.39, 0.29) is 11.5 Å². The van der Waals surface area contributed by atoms with Gasteiger partial charge in [-0.05, 0) is 73.7 Å². The van der Waals surface area contributed by atoms with E-state index in [4.69, 9.17) is 23.2 Å². The lowest BCUT2D eigenvalue weighted by Crippen LogP contribution is -2.31. The van der Waals surface area contributed by atoms with Crippen LogP contribution < -0.4 is 10.2 Å². The van der Waals surface area contributed by atoms with Crippen molar-refractivity contribution >= 4 is 58.2 Å². The second-order valence-corrected chi connectivity index (χ2v) is 10.5. The van der Waals surface area contributed by atoms with Gasteiger partial charge in [0.2, 0.25) is 5.91 Å². The van der Waals surface area contributed by atoms with Crippen LogP contribution in [0.1, 0.15) is 22.3 Å². The maximum absolute atomic E-state index is 13.7. The van der Waals surface area contributed by atoms with Gasteiger partial charge in [-0.3, -0.25) is 14.5 Å². The molecule has 1 atom stereocenters. The van der Waals surface area contributed by atoms with Gasteiger partial charge in [0.15, 0.2) is 0 Å². The second-order valence-electron chi connectivity index (χ2n) is 8.53. The van der Waals surface area contributed by atoms with E-state index in [1.807, 2.05) is 69.3 Å². The summed E-state index contributed by atoms with van der Waals surface area (Å²) in [5.41, 5.74) is 4.72. The second kappa shape index (κ2) is 10.8. The molecule has 8 heteroatoms. The van der Waals surface area contributed by atoms with Crippen LogP contribution in [0.15, 0.2) is 71.3 Å². The Bertz CT molecular complexity index is 1440. The molecule has 2 amide bonds. The molecule has 1 aliphatic heterocycles. The van der Waals surface area contributed by atoms with Crippen molar-refractivity contribution in [3.05, 3.63) is 104 Å². The fraction of sp³-hybridized carbons (Fsp3) is 0.179. The van der Waals surface area contributed by atoms with Gasteiger partial charge >= 0.3 is 0 Å². The number of amides is 2. The van der Waals surface area contributed by atoms with E-state index >= 15 is 0 Å². The standard InChI is InChI=1S/C28H23Cl2N3O2S/c1-16-11-12-20(13-18(16)3)33-27(35)24(14-19-8-6-9-22(29)25(19)30)36-28(33)21(15-31)26(34)32-23-10-5-4-7-17(23)2/h4-13,24H,14H2,1-3H3,(H,32,34)/b28-21-. The van der Waals surface area contributed by atoms with Crippen LogP contribution in [0.25, 0.3) is 0 Å². The number of halogens is 2. The highest BCUT2D eigenvalue weighted by Crippen LogP contribution is 2.43. The molecule has 1 heterocycles. The molecule has 0 bridgehead atoms. The van der Waals surface area contributed by atoms with Crippen molar-refractivity contribution in [3.8, 4) is 6.07 Å². The highest BCUT2D eigenvalue weighted by atomic mass is 35.5. The van der Waals surface area contributed by atoms with Crippen LogP contribution in [0.4, 0.5) is 11.4 Å². The molecular weight excluding hydrogens is 513 g/mol. The van der Waals surface area contributed by atoms with E-state index in [2.05, 4.69) is 5.32 Å². The minimum absolute atomic E-state index is 0.130. The van der Waals surface area contributed by atoms with Gasteiger partial charge in [-0.25, -0.2) is 0 Å². The molecule has 36 heavy (non-hydrogen) atoms. The van der Waals surface area contributed by atoms with Gasteiger partial charge in [-0.2, -0.15) is 5.26 Å². The molecule has 3 aromatic rings. The summed E-state index contributed by atoms with van der Waals surface area (Å²) in [5.74, 6) is -0.803. The third-order valence-corrected chi connectivity index (χ3v) is 8.21. The number of hydrogen-bond acceptors (Lipinski definition) is 4. The Morgan fingerprint density at radius 2 is 1.78 bits per heavy atom. The molecule has 1 fully saturated rings. The van der Waals surface area contributed by atoms with Crippen molar-refractivity contribution in [2.45, 2.75) is 32.4 Å². The minimum Gasteiger partial charge on any atom is -0.321 e. The molecule has 1 saturated heterocycles. The van der Waals surface area contributed by atoms with Crippen molar-refractivity contribution < 1.29 is 9.59 Å². The summed E-state index contributed by atoms with van der Waals surface area (Å²) in [4.78, 5) is 28.5. The number of nitriles is 1. The lowest BCUT2D eigenvalue weighted by molar-refractivity contribution is -0.117. The zero-order chi connectivity index (χ0) is 26.0. The number of para-hydroxylation sites is 1. The number of carbonyl (C=O) groups is 2. The fourth-order valence-electron chi connectivity index (χ4n) is 3.89. The van der Waals surface area contributed by atoms with E-state index < -0.39 is 11.2 Å². The molecule has 1 aliphatic rings. The number of thioether (sulfide) groups is 1. The van der Waals surface area contributed by atoms with Crippen LogP contribution in [-0.4, -0.2) is 17.1 Å². The molecule has 5 nitrogen and oxygen atoms in total. The Kier molecular flexibility index (Phi) is 7.75. The maximum Gasteiger partial charge on any atom is 0.269 e. The number of benzene rings is 3. The quantitative estimate of drug-likeness (QED) is 0.282. The highest BCUT2D eigenvalue weighted by molar-refractivity contribution is 8.05.